The molecule has 0 aliphatic carbocycles. The van der Waals surface area contributed by atoms with E-state index in [1.807, 2.05) is 0 Å². The van der Waals surface area contributed by atoms with Gasteiger partial charge in [-0.15, -0.1) is 0 Å². The first-order valence-corrected chi connectivity index (χ1v) is 9.23. The average molecular weight is 381 g/mol. The van der Waals surface area contributed by atoms with E-state index in [1.54, 1.807) is 6.07 Å². The van der Waals surface area contributed by atoms with Crippen LogP contribution in [0.1, 0.15) is 31.9 Å². The van der Waals surface area contributed by atoms with E-state index in [1.165, 1.54) is 18.2 Å². The molecule has 0 aromatic heterocycles. The molecule has 2 fully saturated rings. The second kappa shape index (κ2) is 7.00. The number of rotatable bonds is 3. The second-order valence-electron chi connectivity index (χ2n) is 6.89. The molecule has 0 radical (unpaired) electrons. The van der Waals surface area contributed by atoms with Crippen LogP contribution in [-0.2, 0) is 10.7 Å². The number of anilines is 1. The van der Waals surface area contributed by atoms with Crippen LogP contribution >= 0.6 is 11.8 Å². The Hall–Kier alpha value is -1.93. The van der Waals surface area contributed by atoms with Gasteiger partial charge in [0.05, 0.1) is 4.91 Å². The highest BCUT2D eigenvalue weighted by Crippen LogP contribution is 2.35. The van der Waals surface area contributed by atoms with E-state index in [-0.39, 0.29) is 22.6 Å². The molecule has 2 amide bonds. The van der Waals surface area contributed by atoms with Crippen molar-refractivity contribution in [2.75, 3.05) is 18.0 Å². The maximum atomic E-state index is 13.8. The number of imide groups is 1. The van der Waals surface area contributed by atoms with Gasteiger partial charge in [0.25, 0.3) is 17.1 Å². The maximum Gasteiger partial charge on any atom is 0.290 e. The Balaban J connectivity index is 2.05. The zero-order chi connectivity index (χ0) is 19.1. The minimum Gasteiger partial charge on any atom is -0.368 e. The van der Waals surface area contributed by atoms with Gasteiger partial charge < -0.3 is 10.2 Å². The van der Waals surface area contributed by atoms with Gasteiger partial charge in [0.2, 0.25) is 0 Å². The SMILES string of the molecule is CC1CN(c2ccc(C(C)(F)F)cc2C=C2SC(=O)NC2=O)CC(C)N1. The van der Waals surface area contributed by atoms with Gasteiger partial charge in [0.1, 0.15) is 0 Å². The summed E-state index contributed by atoms with van der Waals surface area (Å²) in [6.45, 7) is 6.42. The van der Waals surface area contributed by atoms with Crippen molar-refractivity contribution in [2.24, 2.45) is 0 Å². The molecule has 1 aromatic rings. The lowest BCUT2D eigenvalue weighted by Gasteiger charge is -2.38. The van der Waals surface area contributed by atoms with Gasteiger partial charge in [-0.05, 0) is 49.4 Å². The minimum atomic E-state index is -2.99. The molecule has 2 unspecified atom stereocenters. The molecule has 2 atom stereocenters. The molecular formula is C18H21F2N3O2S. The Kier molecular flexibility index (Phi) is 5.07. The van der Waals surface area contributed by atoms with Gasteiger partial charge in [-0.1, -0.05) is 6.07 Å². The van der Waals surface area contributed by atoms with Crippen LogP contribution in [0.3, 0.4) is 0 Å². The molecule has 140 valence electrons. The van der Waals surface area contributed by atoms with E-state index in [2.05, 4.69) is 29.4 Å². The molecule has 2 aliphatic rings. The number of amides is 2. The molecule has 2 aliphatic heterocycles. The number of piperazine rings is 1. The first-order chi connectivity index (χ1) is 12.1. The number of thioether (sulfide) groups is 1. The number of alkyl halides is 2. The molecule has 0 bridgehead atoms. The standard InChI is InChI=1S/C18H21F2N3O2S/c1-10-8-23(9-11(2)21-10)14-5-4-13(18(3,19)20)6-12(14)7-15-16(24)22-17(25)26-15/h4-7,10-11,21H,8-9H2,1-3H3,(H,22,24,25). The van der Waals surface area contributed by atoms with Gasteiger partial charge in [0, 0.05) is 43.3 Å². The lowest BCUT2D eigenvalue weighted by Crippen LogP contribution is -2.54. The fourth-order valence-electron chi connectivity index (χ4n) is 3.32. The van der Waals surface area contributed by atoms with Gasteiger partial charge in [0.15, 0.2) is 0 Å². The Labute approximate surface area is 155 Å². The third kappa shape index (κ3) is 4.07. The first-order valence-electron chi connectivity index (χ1n) is 8.41. The Morgan fingerprint density at radius 3 is 2.42 bits per heavy atom. The fraction of sp³-hybridized carbons (Fsp3) is 0.444. The zero-order valence-corrected chi connectivity index (χ0v) is 15.6. The number of halogens is 2. The van der Waals surface area contributed by atoms with Crippen LogP contribution in [0.5, 0.6) is 0 Å². The van der Waals surface area contributed by atoms with Crippen LogP contribution in [-0.4, -0.2) is 36.3 Å². The highest BCUT2D eigenvalue weighted by Gasteiger charge is 2.29. The molecule has 2 N–H and O–H groups in total. The van der Waals surface area contributed by atoms with Crippen molar-refractivity contribution in [3.8, 4) is 0 Å². The molecule has 3 rings (SSSR count). The van der Waals surface area contributed by atoms with Crippen molar-refractivity contribution in [3.63, 3.8) is 0 Å². The lowest BCUT2D eigenvalue weighted by molar-refractivity contribution is -0.115. The van der Waals surface area contributed by atoms with Gasteiger partial charge in [-0.2, -0.15) is 0 Å². The number of carbonyl (C=O) groups excluding carboxylic acids is 2. The topological polar surface area (TPSA) is 61.4 Å². The molecule has 0 saturated carbocycles. The first kappa shape index (κ1) is 18.8. The van der Waals surface area contributed by atoms with Crippen LogP contribution in [0.4, 0.5) is 19.3 Å². The number of benzene rings is 1. The van der Waals surface area contributed by atoms with Crippen LogP contribution in [0.25, 0.3) is 6.08 Å². The van der Waals surface area contributed by atoms with E-state index < -0.39 is 17.1 Å². The summed E-state index contributed by atoms with van der Waals surface area (Å²) in [5, 5.41) is 5.17. The van der Waals surface area contributed by atoms with Crippen molar-refractivity contribution in [1.82, 2.24) is 10.6 Å². The smallest absolute Gasteiger partial charge is 0.290 e. The summed E-state index contributed by atoms with van der Waals surface area (Å²) in [5.74, 6) is -3.49. The predicted octanol–water partition coefficient (Wildman–Crippen LogP) is 3.31. The number of carbonyl (C=O) groups is 2. The summed E-state index contributed by atoms with van der Waals surface area (Å²) in [7, 11) is 0. The van der Waals surface area contributed by atoms with Crippen molar-refractivity contribution in [2.45, 2.75) is 38.8 Å². The quantitative estimate of drug-likeness (QED) is 0.787. The largest absolute Gasteiger partial charge is 0.368 e. The summed E-state index contributed by atoms with van der Waals surface area (Å²) in [6, 6.07) is 4.98. The average Bonchev–Trinajstić information content (AvgIpc) is 2.83. The fourth-order valence-corrected chi connectivity index (χ4v) is 3.99. The monoisotopic (exact) mass is 381 g/mol. The predicted molar refractivity (Wildman–Crippen MR) is 99.4 cm³/mol. The Bertz CT molecular complexity index is 766. The molecule has 2 saturated heterocycles. The lowest BCUT2D eigenvalue weighted by atomic mass is 10.0. The summed E-state index contributed by atoms with van der Waals surface area (Å²) >= 11 is 0.781. The summed E-state index contributed by atoms with van der Waals surface area (Å²) in [6.07, 6.45) is 1.52. The van der Waals surface area contributed by atoms with Crippen molar-refractivity contribution in [3.05, 3.63) is 34.2 Å². The normalized spacial score (nSPS) is 25.7. The highest BCUT2D eigenvalue weighted by molar-refractivity contribution is 8.18. The number of nitrogens with zero attached hydrogens (tertiary/aromatic N) is 1. The third-order valence-corrected chi connectivity index (χ3v) is 5.17. The van der Waals surface area contributed by atoms with E-state index in [0.29, 0.717) is 5.56 Å². The Morgan fingerprint density at radius 2 is 1.88 bits per heavy atom. The summed E-state index contributed by atoms with van der Waals surface area (Å²) < 4.78 is 27.6. The highest BCUT2D eigenvalue weighted by atomic mass is 32.2. The number of hydrogen-bond acceptors (Lipinski definition) is 5. The van der Waals surface area contributed by atoms with E-state index in [4.69, 9.17) is 0 Å². The molecule has 5 nitrogen and oxygen atoms in total. The van der Waals surface area contributed by atoms with Crippen molar-refractivity contribution in [1.29, 1.82) is 0 Å². The molecular weight excluding hydrogens is 360 g/mol. The third-order valence-electron chi connectivity index (χ3n) is 4.36. The van der Waals surface area contributed by atoms with Gasteiger partial charge in [-0.3, -0.25) is 14.9 Å². The number of hydrogen-bond donors (Lipinski definition) is 2. The van der Waals surface area contributed by atoms with Crippen molar-refractivity contribution < 1.29 is 18.4 Å². The summed E-state index contributed by atoms with van der Waals surface area (Å²) in [4.78, 5) is 25.6. The van der Waals surface area contributed by atoms with E-state index >= 15 is 0 Å². The number of nitrogens with one attached hydrogen (secondary N) is 2. The zero-order valence-electron chi connectivity index (χ0n) is 14.8. The second-order valence-corrected chi connectivity index (χ2v) is 7.90. The maximum absolute atomic E-state index is 13.8. The van der Waals surface area contributed by atoms with E-state index in [0.717, 1.165) is 37.5 Å². The minimum absolute atomic E-state index is 0.126. The van der Waals surface area contributed by atoms with Gasteiger partial charge >= 0.3 is 0 Å². The van der Waals surface area contributed by atoms with Crippen LogP contribution < -0.4 is 15.5 Å². The van der Waals surface area contributed by atoms with Crippen LogP contribution in [0.15, 0.2) is 23.1 Å². The summed E-state index contributed by atoms with van der Waals surface area (Å²) in [5.41, 5.74) is 1.16. The van der Waals surface area contributed by atoms with Crippen LogP contribution in [0, 0.1) is 0 Å². The van der Waals surface area contributed by atoms with Gasteiger partial charge in [-0.25, -0.2) is 8.78 Å². The van der Waals surface area contributed by atoms with Crippen molar-refractivity contribution >= 4 is 34.7 Å². The molecule has 26 heavy (non-hydrogen) atoms. The van der Waals surface area contributed by atoms with E-state index in [9.17, 15) is 18.4 Å². The molecule has 1 aromatic carbocycles. The molecule has 0 spiro atoms. The Morgan fingerprint density at radius 1 is 1.23 bits per heavy atom. The molecule has 2 heterocycles. The van der Waals surface area contributed by atoms with Crippen LogP contribution in [0.2, 0.25) is 0 Å². The molecule has 8 heteroatoms.